The lowest BCUT2D eigenvalue weighted by atomic mass is 9.77. The molecule has 8 heteroatoms. The third kappa shape index (κ3) is 2.71. The Hall–Kier alpha value is -3.26. The zero-order chi connectivity index (χ0) is 20.7. The summed E-state index contributed by atoms with van der Waals surface area (Å²) in [5.41, 5.74) is 1.71. The third-order valence-corrected chi connectivity index (χ3v) is 5.80. The van der Waals surface area contributed by atoms with E-state index in [0.29, 0.717) is 36.8 Å². The van der Waals surface area contributed by atoms with Crippen LogP contribution in [0.4, 0.5) is 5.69 Å². The SMILES string of the molecule is COCC(=O)NCCCN1C(=O)C2(COc3cc4c(cc32)OCO4)c2ccccc21. The number of para-hydroxylation sites is 1. The second-order valence-corrected chi connectivity index (χ2v) is 7.51. The summed E-state index contributed by atoms with van der Waals surface area (Å²) < 4.78 is 21.8. The number of ether oxygens (including phenoxy) is 4. The lowest BCUT2D eigenvalue weighted by molar-refractivity contribution is -0.124. The summed E-state index contributed by atoms with van der Waals surface area (Å²) in [6.45, 7) is 1.38. The van der Waals surface area contributed by atoms with Crippen LogP contribution in [0.1, 0.15) is 17.5 Å². The number of carbonyl (C=O) groups excluding carboxylic acids is 2. The number of fused-ring (bicyclic) bond motifs is 5. The van der Waals surface area contributed by atoms with Gasteiger partial charge < -0.3 is 29.2 Å². The van der Waals surface area contributed by atoms with Crippen molar-refractivity contribution >= 4 is 17.5 Å². The van der Waals surface area contributed by atoms with Gasteiger partial charge in [-0.2, -0.15) is 0 Å². The number of nitrogens with zero attached hydrogens (tertiary/aromatic N) is 1. The van der Waals surface area contributed by atoms with E-state index in [0.717, 1.165) is 16.8 Å². The molecule has 1 spiro atoms. The van der Waals surface area contributed by atoms with Crippen molar-refractivity contribution < 1.29 is 28.5 Å². The van der Waals surface area contributed by atoms with E-state index in [1.165, 1.54) is 7.11 Å². The number of hydrogen-bond donors (Lipinski definition) is 1. The molecule has 0 fully saturated rings. The van der Waals surface area contributed by atoms with Crippen molar-refractivity contribution in [3.63, 3.8) is 0 Å². The zero-order valence-corrected chi connectivity index (χ0v) is 16.6. The van der Waals surface area contributed by atoms with Crippen LogP contribution in [-0.2, 0) is 19.7 Å². The quantitative estimate of drug-likeness (QED) is 0.728. The molecule has 0 radical (unpaired) electrons. The second-order valence-electron chi connectivity index (χ2n) is 7.51. The third-order valence-electron chi connectivity index (χ3n) is 5.80. The van der Waals surface area contributed by atoms with Gasteiger partial charge in [0.15, 0.2) is 11.5 Å². The molecule has 2 aromatic carbocycles. The summed E-state index contributed by atoms with van der Waals surface area (Å²) in [6, 6.07) is 11.5. The van der Waals surface area contributed by atoms with E-state index in [1.807, 2.05) is 30.3 Å². The maximum atomic E-state index is 13.7. The van der Waals surface area contributed by atoms with Gasteiger partial charge in [0, 0.05) is 37.5 Å². The molecule has 2 aromatic rings. The van der Waals surface area contributed by atoms with Crippen LogP contribution < -0.4 is 24.4 Å². The molecule has 3 aliphatic heterocycles. The molecule has 2 amide bonds. The van der Waals surface area contributed by atoms with E-state index in [-0.39, 0.29) is 31.8 Å². The maximum Gasteiger partial charge on any atom is 0.245 e. The first kappa shape index (κ1) is 18.7. The molecule has 5 rings (SSSR count). The highest BCUT2D eigenvalue weighted by Gasteiger charge is 2.57. The number of anilines is 1. The first-order chi connectivity index (χ1) is 14.6. The Morgan fingerprint density at radius 3 is 2.77 bits per heavy atom. The minimum absolute atomic E-state index is 0.0236. The number of hydrogen-bond acceptors (Lipinski definition) is 6. The van der Waals surface area contributed by atoms with Gasteiger partial charge in [-0.1, -0.05) is 18.2 Å². The Labute approximate surface area is 173 Å². The first-order valence-electron chi connectivity index (χ1n) is 9.89. The highest BCUT2D eigenvalue weighted by Crippen LogP contribution is 2.54. The summed E-state index contributed by atoms with van der Waals surface area (Å²) in [6.07, 6.45) is 0.625. The molecule has 1 unspecified atom stereocenters. The first-order valence-corrected chi connectivity index (χ1v) is 9.89. The van der Waals surface area contributed by atoms with Gasteiger partial charge in [-0.05, 0) is 24.1 Å². The molecule has 0 saturated carbocycles. The summed E-state index contributed by atoms with van der Waals surface area (Å²) in [5, 5.41) is 2.79. The molecule has 8 nitrogen and oxygen atoms in total. The largest absolute Gasteiger partial charge is 0.491 e. The molecule has 1 atom stereocenters. The fourth-order valence-corrected chi connectivity index (χ4v) is 4.43. The van der Waals surface area contributed by atoms with Gasteiger partial charge in [-0.15, -0.1) is 0 Å². The molecule has 3 heterocycles. The van der Waals surface area contributed by atoms with E-state index in [1.54, 1.807) is 11.0 Å². The monoisotopic (exact) mass is 410 g/mol. The van der Waals surface area contributed by atoms with Crippen LogP contribution in [-0.4, -0.2) is 52.0 Å². The molecule has 3 aliphatic rings. The smallest absolute Gasteiger partial charge is 0.245 e. The number of methoxy groups -OCH3 is 1. The maximum absolute atomic E-state index is 13.7. The lowest BCUT2D eigenvalue weighted by Crippen LogP contribution is -2.43. The molecule has 1 N–H and O–H groups in total. The van der Waals surface area contributed by atoms with Crippen molar-refractivity contribution in [3.8, 4) is 17.2 Å². The van der Waals surface area contributed by atoms with Gasteiger partial charge in [-0.3, -0.25) is 9.59 Å². The second kappa shape index (κ2) is 7.21. The van der Waals surface area contributed by atoms with Gasteiger partial charge >= 0.3 is 0 Å². The predicted molar refractivity (Wildman–Crippen MR) is 107 cm³/mol. The van der Waals surface area contributed by atoms with Crippen molar-refractivity contribution in [2.24, 2.45) is 0 Å². The molecular weight excluding hydrogens is 388 g/mol. The van der Waals surface area contributed by atoms with Crippen molar-refractivity contribution in [1.29, 1.82) is 0 Å². The number of carbonyl (C=O) groups is 2. The van der Waals surface area contributed by atoms with Crippen LogP contribution in [0, 0.1) is 0 Å². The number of rotatable bonds is 6. The summed E-state index contributed by atoms with van der Waals surface area (Å²) in [4.78, 5) is 27.1. The zero-order valence-electron chi connectivity index (χ0n) is 16.6. The molecule has 0 aliphatic carbocycles. The number of benzene rings is 2. The summed E-state index contributed by atoms with van der Waals surface area (Å²) in [7, 11) is 1.48. The van der Waals surface area contributed by atoms with E-state index in [9.17, 15) is 9.59 Å². The molecule has 156 valence electrons. The number of amides is 2. The fraction of sp³-hybridized carbons (Fsp3) is 0.364. The highest BCUT2D eigenvalue weighted by atomic mass is 16.7. The summed E-state index contributed by atoms with van der Waals surface area (Å²) in [5.74, 6) is 1.72. The van der Waals surface area contributed by atoms with Gasteiger partial charge in [0.1, 0.15) is 24.4 Å². The van der Waals surface area contributed by atoms with Gasteiger partial charge in [0.2, 0.25) is 18.6 Å². The van der Waals surface area contributed by atoms with E-state index in [2.05, 4.69) is 5.32 Å². The van der Waals surface area contributed by atoms with Crippen LogP contribution >= 0.6 is 0 Å². The fourth-order valence-electron chi connectivity index (χ4n) is 4.43. The average Bonchev–Trinajstić information content (AvgIpc) is 3.42. The molecule has 30 heavy (non-hydrogen) atoms. The van der Waals surface area contributed by atoms with Gasteiger partial charge in [-0.25, -0.2) is 0 Å². The predicted octanol–water partition coefficient (Wildman–Crippen LogP) is 1.59. The average molecular weight is 410 g/mol. The van der Waals surface area contributed by atoms with E-state index >= 15 is 0 Å². The van der Waals surface area contributed by atoms with Crippen molar-refractivity contribution in [2.45, 2.75) is 11.8 Å². The van der Waals surface area contributed by atoms with Crippen LogP contribution in [0.25, 0.3) is 0 Å². The summed E-state index contributed by atoms with van der Waals surface area (Å²) >= 11 is 0. The number of nitrogens with one attached hydrogen (secondary N) is 1. The Kier molecular flexibility index (Phi) is 4.51. The van der Waals surface area contributed by atoms with Crippen LogP contribution in [0.2, 0.25) is 0 Å². The normalized spacial score (nSPS) is 20.3. The van der Waals surface area contributed by atoms with Gasteiger partial charge in [0.05, 0.1) is 0 Å². The minimum atomic E-state index is -0.897. The van der Waals surface area contributed by atoms with Crippen molar-refractivity contribution in [3.05, 3.63) is 47.5 Å². The standard InChI is InChI=1S/C22H22N2O6/c1-27-11-20(25)23-7-4-8-24-16-6-3-2-5-14(16)22(21(24)26)12-28-17-10-19-18(9-15(17)22)29-13-30-19/h2-3,5-6,9-10H,4,7-8,11-13H2,1H3,(H,23,25). The Morgan fingerprint density at radius 1 is 1.13 bits per heavy atom. The van der Waals surface area contributed by atoms with Crippen LogP contribution in [0.15, 0.2) is 36.4 Å². The Bertz CT molecular complexity index is 1020. The van der Waals surface area contributed by atoms with E-state index in [4.69, 9.17) is 18.9 Å². The lowest BCUT2D eigenvalue weighted by Gasteiger charge is -2.23. The minimum Gasteiger partial charge on any atom is -0.491 e. The molecule has 0 bridgehead atoms. The van der Waals surface area contributed by atoms with Gasteiger partial charge in [0.25, 0.3) is 0 Å². The Balaban J connectivity index is 1.44. The molecule has 0 saturated heterocycles. The molecule has 0 aromatic heterocycles. The topological polar surface area (TPSA) is 86.3 Å². The van der Waals surface area contributed by atoms with Crippen molar-refractivity contribution in [1.82, 2.24) is 5.32 Å². The van der Waals surface area contributed by atoms with Crippen LogP contribution in [0.3, 0.4) is 0 Å². The van der Waals surface area contributed by atoms with Crippen LogP contribution in [0.5, 0.6) is 17.2 Å². The highest BCUT2D eigenvalue weighted by molar-refractivity contribution is 6.11. The Morgan fingerprint density at radius 2 is 1.93 bits per heavy atom. The van der Waals surface area contributed by atoms with E-state index < -0.39 is 5.41 Å². The molecular formula is C22H22N2O6. The van der Waals surface area contributed by atoms with Crippen molar-refractivity contribution in [2.75, 3.05) is 45.1 Å².